The Balaban J connectivity index is 1.98. The van der Waals surface area contributed by atoms with Crippen LogP contribution in [-0.2, 0) is 12.8 Å². The van der Waals surface area contributed by atoms with Crippen LogP contribution in [0.15, 0.2) is 34.1 Å². The molecule has 0 aromatic carbocycles. The molecule has 0 aliphatic carbocycles. The molecule has 0 aliphatic heterocycles. The molecule has 2 aromatic rings. The second-order valence-corrected chi connectivity index (χ2v) is 5.81. The standard InChI is InChI=1S/C16H23NOS/c1-3-11-17-15(9-8-14-6-5-12-19-14)16-10-7-13(4-2)18-16/h5-7,10,12,15,17H,3-4,8-9,11H2,1-2H3. The summed E-state index contributed by atoms with van der Waals surface area (Å²) in [7, 11) is 0. The highest BCUT2D eigenvalue weighted by Crippen LogP contribution is 2.23. The third kappa shape index (κ3) is 4.22. The van der Waals surface area contributed by atoms with Crippen molar-refractivity contribution in [3.8, 4) is 0 Å². The van der Waals surface area contributed by atoms with Crippen molar-refractivity contribution in [2.75, 3.05) is 6.54 Å². The first-order chi connectivity index (χ1) is 9.33. The predicted octanol–water partition coefficient (Wildman–Crippen LogP) is 4.58. The monoisotopic (exact) mass is 277 g/mol. The molecule has 0 amide bonds. The highest BCUT2D eigenvalue weighted by molar-refractivity contribution is 7.09. The minimum atomic E-state index is 0.336. The van der Waals surface area contributed by atoms with E-state index in [2.05, 4.69) is 48.8 Å². The van der Waals surface area contributed by atoms with Crippen molar-refractivity contribution in [1.82, 2.24) is 5.32 Å². The van der Waals surface area contributed by atoms with Gasteiger partial charge in [-0.15, -0.1) is 11.3 Å². The predicted molar refractivity (Wildman–Crippen MR) is 81.8 cm³/mol. The van der Waals surface area contributed by atoms with E-state index in [4.69, 9.17) is 4.42 Å². The van der Waals surface area contributed by atoms with E-state index in [1.54, 1.807) is 0 Å². The van der Waals surface area contributed by atoms with Crippen molar-refractivity contribution >= 4 is 11.3 Å². The molecule has 2 nitrogen and oxygen atoms in total. The molecular formula is C16H23NOS. The number of thiophene rings is 1. The highest BCUT2D eigenvalue weighted by atomic mass is 32.1. The number of aryl methyl sites for hydroxylation is 2. The summed E-state index contributed by atoms with van der Waals surface area (Å²) in [5, 5.41) is 5.74. The first kappa shape index (κ1) is 14.4. The molecule has 1 N–H and O–H groups in total. The van der Waals surface area contributed by atoms with Crippen molar-refractivity contribution in [3.63, 3.8) is 0 Å². The molecule has 0 spiro atoms. The Kier molecular flexibility index (Phi) is 5.67. The van der Waals surface area contributed by atoms with Crippen molar-refractivity contribution in [2.45, 2.75) is 45.6 Å². The summed E-state index contributed by atoms with van der Waals surface area (Å²) in [6.45, 7) is 5.36. The van der Waals surface area contributed by atoms with Crippen LogP contribution in [0, 0.1) is 0 Å². The first-order valence-corrected chi connectivity index (χ1v) is 8.05. The van der Waals surface area contributed by atoms with Crippen LogP contribution in [0.5, 0.6) is 0 Å². The van der Waals surface area contributed by atoms with Gasteiger partial charge in [-0.2, -0.15) is 0 Å². The quantitative estimate of drug-likeness (QED) is 0.764. The second kappa shape index (κ2) is 7.51. The van der Waals surface area contributed by atoms with Crippen LogP contribution in [0.2, 0.25) is 0 Å². The van der Waals surface area contributed by atoms with E-state index in [0.29, 0.717) is 6.04 Å². The van der Waals surface area contributed by atoms with Crippen molar-refractivity contribution in [3.05, 3.63) is 46.0 Å². The average Bonchev–Trinajstić information content (AvgIpc) is 3.09. The summed E-state index contributed by atoms with van der Waals surface area (Å²) in [6, 6.07) is 8.89. The highest BCUT2D eigenvalue weighted by Gasteiger charge is 2.15. The maximum atomic E-state index is 5.90. The topological polar surface area (TPSA) is 25.2 Å². The molecule has 104 valence electrons. The summed E-state index contributed by atoms with van der Waals surface area (Å²) in [4.78, 5) is 1.45. The van der Waals surface area contributed by atoms with Crippen LogP contribution in [0.25, 0.3) is 0 Å². The van der Waals surface area contributed by atoms with E-state index in [1.807, 2.05) is 11.3 Å². The molecule has 1 unspecified atom stereocenters. The number of rotatable bonds is 8. The summed E-state index contributed by atoms with van der Waals surface area (Å²) < 4.78 is 5.90. The maximum Gasteiger partial charge on any atom is 0.121 e. The Bertz CT molecular complexity index is 461. The molecule has 0 fully saturated rings. The molecular weight excluding hydrogens is 254 g/mol. The molecule has 0 bridgehead atoms. The summed E-state index contributed by atoms with van der Waals surface area (Å²) in [5.41, 5.74) is 0. The summed E-state index contributed by atoms with van der Waals surface area (Å²) in [6.07, 6.45) is 4.32. The van der Waals surface area contributed by atoms with E-state index < -0.39 is 0 Å². The van der Waals surface area contributed by atoms with Gasteiger partial charge in [-0.3, -0.25) is 0 Å². The fourth-order valence-corrected chi connectivity index (χ4v) is 2.90. The van der Waals surface area contributed by atoms with Gasteiger partial charge in [0, 0.05) is 11.3 Å². The van der Waals surface area contributed by atoms with Gasteiger partial charge in [-0.05, 0) is 49.4 Å². The van der Waals surface area contributed by atoms with Gasteiger partial charge in [0.25, 0.3) is 0 Å². The van der Waals surface area contributed by atoms with Crippen LogP contribution >= 0.6 is 11.3 Å². The summed E-state index contributed by atoms with van der Waals surface area (Å²) in [5.74, 6) is 2.16. The number of hydrogen-bond acceptors (Lipinski definition) is 3. The van der Waals surface area contributed by atoms with Gasteiger partial charge in [0.2, 0.25) is 0 Å². The fourth-order valence-electron chi connectivity index (χ4n) is 2.18. The third-order valence-corrected chi connectivity index (χ3v) is 4.21. The third-order valence-electron chi connectivity index (χ3n) is 3.27. The van der Waals surface area contributed by atoms with E-state index in [0.717, 1.165) is 43.7 Å². The average molecular weight is 277 g/mol. The minimum Gasteiger partial charge on any atom is -0.464 e. The molecule has 0 saturated carbocycles. The van der Waals surface area contributed by atoms with Gasteiger partial charge in [-0.1, -0.05) is 19.9 Å². The van der Waals surface area contributed by atoms with Gasteiger partial charge in [-0.25, -0.2) is 0 Å². The Hall–Kier alpha value is -1.06. The van der Waals surface area contributed by atoms with E-state index in [9.17, 15) is 0 Å². The molecule has 2 aromatic heterocycles. The molecule has 0 saturated heterocycles. The van der Waals surface area contributed by atoms with Crippen molar-refractivity contribution < 1.29 is 4.42 Å². The Morgan fingerprint density at radius 1 is 1.26 bits per heavy atom. The summed E-state index contributed by atoms with van der Waals surface area (Å²) >= 11 is 1.84. The zero-order valence-electron chi connectivity index (χ0n) is 11.8. The Morgan fingerprint density at radius 3 is 2.79 bits per heavy atom. The largest absolute Gasteiger partial charge is 0.464 e. The SMILES string of the molecule is CCCNC(CCc1cccs1)c1ccc(CC)o1. The van der Waals surface area contributed by atoms with Crippen LogP contribution in [0.3, 0.4) is 0 Å². The minimum absolute atomic E-state index is 0.336. The fraction of sp³-hybridized carbons (Fsp3) is 0.500. The zero-order chi connectivity index (χ0) is 13.5. The van der Waals surface area contributed by atoms with Gasteiger partial charge < -0.3 is 9.73 Å². The van der Waals surface area contributed by atoms with Gasteiger partial charge in [0.1, 0.15) is 11.5 Å². The Labute approximate surface area is 119 Å². The lowest BCUT2D eigenvalue weighted by Crippen LogP contribution is -2.22. The number of nitrogens with one attached hydrogen (secondary N) is 1. The van der Waals surface area contributed by atoms with Crippen molar-refractivity contribution in [1.29, 1.82) is 0 Å². The normalized spacial score (nSPS) is 12.7. The number of hydrogen-bond donors (Lipinski definition) is 1. The maximum absolute atomic E-state index is 5.90. The smallest absolute Gasteiger partial charge is 0.121 e. The molecule has 19 heavy (non-hydrogen) atoms. The van der Waals surface area contributed by atoms with Crippen molar-refractivity contribution in [2.24, 2.45) is 0 Å². The van der Waals surface area contributed by atoms with Gasteiger partial charge >= 0.3 is 0 Å². The van der Waals surface area contributed by atoms with Crippen LogP contribution in [0.4, 0.5) is 0 Å². The Morgan fingerprint density at radius 2 is 2.16 bits per heavy atom. The lowest BCUT2D eigenvalue weighted by Gasteiger charge is -2.15. The van der Waals surface area contributed by atoms with Gasteiger partial charge in [0.15, 0.2) is 0 Å². The van der Waals surface area contributed by atoms with E-state index in [1.165, 1.54) is 4.88 Å². The molecule has 0 aliphatic rings. The van der Waals surface area contributed by atoms with E-state index >= 15 is 0 Å². The lowest BCUT2D eigenvalue weighted by molar-refractivity contribution is 0.380. The molecule has 3 heteroatoms. The lowest BCUT2D eigenvalue weighted by atomic mass is 10.1. The molecule has 2 rings (SSSR count). The van der Waals surface area contributed by atoms with Crippen LogP contribution in [-0.4, -0.2) is 6.54 Å². The van der Waals surface area contributed by atoms with Gasteiger partial charge in [0.05, 0.1) is 6.04 Å². The zero-order valence-corrected chi connectivity index (χ0v) is 12.6. The molecule has 2 heterocycles. The van der Waals surface area contributed by atoms with E-state index in [-0.39, 0.29) is 0 Å². The molecule has 1 atom stereocenters. The van der Waals surface area contributed by atoms with Crippen LogP contribution in [0.1, 0.15) is 49.1 Å². The number of furan rings is 1. The second-order valence-electron chi connectivity index (χ2n) is 4.78. The molecule has 0 radical (unpaired) electrons. The van der Waals surface area contributed by atoms with Crippen LogP contribution < -0.4 is 5.32 Å². The first-order valence-electron chi connectivity index (χ1n) is 7.17.